The van der Waals surface area contributed by atoms with Crippen LogP contribution in [-0.2, 0) is 16.1 Å². The molecule has 2 aliphatic rings. The van der Waals surface area contributed by atoms with E-state index >= 15 is 0 Å². The summed E-state index contributed by atoms with van der Waals surface area (Å²) in [5, 5.41) is 4.30. The van der Waals surface area contributed by atoms with Crippen LogP contribution in [0, 0.1) is 5.92 Å². The molecule has 2 aromatic rings. The van der Waals surface area contributed by atoms with E-state index < -0.39 is 0 Å². The second-order valence-electron chi connectivity index (χ2n) is 7.66. The molecule has 0 spiro atoms. The van der Waals surface area contributed by atoms with Gasteiger partial charge in [0.2, 0.25) is 11.8 Å². The Kier molecular flexibility index (Phi) is 4.97. The third-order valence-corrected chi connectivity index (χ3v) is 5.80. The van der Waals surface area contributed by atoms with Gasteiger partial charge < -0.3 is 9.80 Å². The zero-order valence-corrected chi connectivity index (χ0v) is 15.8. The lowest BCUT2D eigenvalue weighted by atomic mass is 10.1. The first kappa shape index (κ1) is 17.8. The summed E-state index contributed by atoms with van der Waals surface area (Å²) in [5.74, 6) is -0.0235. The van der Waals surface area contributed by atoms with Gasteiger partial charge in [0.15, 0.2) is 0 Å². The fraction of sp³-hybridized carbons (Fsp3) is 0.476. The van der Waals surface area contributed by atoms with Gasteiger partial charge in [-0.3, -0.25) is 9.59 Å². The SMILES string of the molecule is CN(Cc1ccccc1-n1cccn1)C(=O)C1CC(=O)N(C2CCCC2)C1. The number of likely N-dealkylation sites (tertiary alicyclic amines) is 1. The Bertz CT molecular complexity index is 811. The van der Waals surface area contributed by atoms with Crippen LogP contribution in [-0.4, -0.2) is 51.0 Å². The van der Waals surface area contributed by atoms with Gasteiger partial charge in [-0.1, -0.05) is 31.0 Å². The summed E-state index contributed by atoms with van der Waals surface area (Å²) in [7, 11) is 1.82. The standard InChI is InChI=1S/C21H26N4O2/c1-23(14-16-7-2-5-10-19(16)25-12-6-11-22-25)21(27)17-13-20(26)24(15-17)18-8-3-4-9-18/h2,5-7,10-12,17-18H,3-4,8-9,13-15H2,1H3. The maximum absolute atomic E-state index is 13.0. The summed E-state index contributed by atoms with van der Waals surface area (Å²) < 4.78 is 1.81. The Morgan fingerprint density at radius 2 is 2.00 bits per heavy atom. The molecule has 142 valence electrons. The number of hydrogen-bond donors (Lipinski definition) is 0. The molecule has 1 saturated heterocycles. The van der Waals surface area contributed by atoms with Gasteiger partial charge in [-0.15, -0.1) is 0 Å². The van der Waals surface area contributed by atoms with Crippen molar-refractivity contribution in [1.29, 1.82) is 0 Å². The molecule has 1 aliphatic heterocycles. The molecular weight excluding hydrogens is 340 g/mol. The number of nitrogens with zero attached hydrogens (tertiary/aromatic N) is 4. The van der Waals surface area contributed by atoms with Gasteiger partial charge in [0.25, 0.3) is 0 Å². The first-order valence-electron chi connectivity index (χ1n) is 9.76. The predicted octanol–water partition coefficient (Wildman–Crippen LogP) is 2.62. The fourth-order valence-corrected chi connectivity index (χ4v) is 4.39. The monoisotopic (exact) mass is 366 g/mol. The van der Waals surface area contributed by atoms with E-state index in [1.807, 2.05) is 53.2 Å². The van der Waals surface area contributed by atoms with Crippen molar-refractivity contribution in [3.05, 3.63) is 48.3 Å². The molecule has 1 aromatic carbocycles. The number of amides is 2. The van der Waals surface area contributed by atoms with Gasteiger partial charge >= 0.3 is 0 Å². The van der Waals surface area contributed by atoms with Gasteiger partial charge in [-0.05, 0) is 30.5 Å². The second kappa shape index (κ2) is 7.55. The van der Waals surface area contributed by atoms with Crippen LogP contribution in [0.2, 0.25) is 0 Å². The van der Waals surface area contributed by atoms with Crippen LogP contribution in [0.15, 0.2) is 42.7 Å². The average Bonchev–Trinajstić information content (AvgIpc) is 3.43. The molecule has 0 radical (unpaired) electrons. The number of carbonyl (C=O) groups is 2. The minimum Gasteiger partial charge on any atom is -0.341 e. The molecule has 6 heteroatoms. The summed E-state index contributed by atoms with van der Waals surface area (Å²) in [4.78, 5) is 29.1. The minimum atomic E-state index is -0.222. The molecule has 1 aliphatic carbocycles. The summed E-state index contributed by atoms with van der Waals surface area (Å²) in [6.45, 7) is 1.08. The minimum absolute atomic E-state index is 0.0547. The van der Waals surface area contributed by atoms with E-state index in [0.29, 0.717) is 25.6 Å². The van der Waals surface area contributed by atoms with Crippen molar-refractivity contribution >= 4 is 11.8 Å². The average molecular weight is 366 g/mol. The van der Waals surface area contributed by atoms with Crippen LogP contribution in [0.4, 0.5) is 0 Å². The smallest absolute Gasteiger partial charge is 0.228 e. The molecule has 0 N–H and O–H groups in total. The van der Waals surface area contributed by atoms with Crippen LogP contribution >= 0.6 is 0 Å². The second-order valence-corrected chi connectivity index (χ2v) is 7.66. The summed E-state index contributed by atoms with van der Waals surface area (Å²) in [5.41, 5.74) is 2.01. The van der Waals surface area contributed by atoms with E-state index in [9.17, 15) is 9.59 Å². The predicted molar refractivity (Wildman–Crippen MR) is 102 cm³/mol. The third-order valence-electron chi connectivity index (χ3n) is 5.80. The Balaban J connectivity index is 1.44. The topological polar surface area (TPSA) is 58.4 Å². The summed E-state index contributed by atoms with van der Waals surface area (Å²) in [6, 6.07) is 10.2. The van der Waals surface area contributed by atoms with Crippen LogP contribution in [0.1, 0.15) is 37.7 Å². The van der Waals surface area contributed by atoms with E-state index in [4.69, 9.17) is 0 Å². The highest BCUT2D eigenvalue weighted by Gasteiger charge is 2.39. The Hall–Kier alpha value is -2.63. The van der Waals surface area contributed by atoms with Gasteiger partial charge in [0, 0.05) is 45.0 Å². The number of aromatic nitrogens is 2. The molecule has 0 bridgehead atoms. The molecule has 4 rings (SSSR count). The molecular formula is C21H26N4O2. The molecule has 27 heavy (non-hydrogen) atoms. The van der Waals surface area contributed by atoms with Gasteiger partial charge in [-0.25, -0.2) is 4.68 Å². The van der Waals surface area contributed by atoms with Crippen LogP contribution < -0.4 is 0 Å². The van der Waals surface area contributed by atoms with E-state index in [1.165, 1.54) is 12.8 Å². The van der Waals surface area contributed by atoms with E-state index in [0.717, 1.165) is 24.1 Å². The largest absolute Gasteiger partial charge is 0.341 e. The van der Waals surface area contributed by atoms with Crippen LogP contribution in [0.3, 0.4) is 0 Å². The van der Waals surface area contributed by atoms with E-state index in [2.05, 4.69) is 5.10 Å². The molecule has 1 atom stereocenters. The maximum atomic E-state index is 13.0. The van der Waals surface area contributed by atoms with E-state index in [-0.39, 0.29) is 17.7 Å². The maximum Gasteiger partial charge on any atom is 0.228 e. The normalized spacial score (nSPS) is 20.4. The van der Waals surface area contributed by atoms with Crippen molar-refractivity contribution < 1.29 is 9.59 Å². The lowest BCUT2D eigenvalue weighted by Crippen LogP contribution is -2.37. The number of carbonyl (C=O) groups excluding carboxylic acids is 2. The van der Waals surface area contributed by atoms with Crippen molar-refractivity contribution in [2.75, 3.05) is 13.6 Å². The Morgan fingerprint density at radius 3 is 2.74 bits per heavy atom. The molecule has 1 unspecified atom stereocenters. The highest BCUT2D eigenvalue weighted by molar-refractivity contribution is 5.89. The first-order valence-corrected chi connectivity index (χ1v) is 9.76. The van der Waals surface area contributed by atoms with Gasteiger partial charge in [0.05, 0.1) is 11.6 Å². The number of rotatable bonds is 5. The molecule has 2 fully saturated rings. The highest BCUT2D eigenvalue weighted by Crippen LogP contribution is 2.30. The van der Waals surface area contributed by atoms with Crippen LogP contribution in [0.25, 0.3) is 5.69 Å². The zero-order chi connectivity index (χ0) is 18.8. The summed E-state index contributed by atoms with van der Waals surface area (Å²) in [6.07, 6.45) is 8.54. The molecule has 1 saturated carbocycles. The molecule has 6 nitrogen and oxygen atoms in total. The van der Waals surface area contributed by atoms with Crippen molar-refractivity contribution in [3.8, 4) is 5.69 Å². The number of para-hydroxylation sites is 1. The van der Waals surface area contributed by atoms with E-state index in [1.54, 1.807) is 11.1 Å². The summed E-state index contributed by atoms with van der Waals surface area (Å²) >= 11 is 0. The van der Waals surface area contributed by atoms with Crippen molar-refractivity contribution in [1.82, 2.24) is 19.6 Å². The highest BCUT2D eigenvalue weighted by atomic mass is 16.2. The fourth-order valence-electron chi connectivity index (χ4n) is 4.39. The number of hydrogen-bond acceptors (Lipinski definition) is 3. The van der Waals surface area contributed by atoms with Crippen molar-refractivity contribution in [2.24, 2.45) is 5.92 Å². The van der Waals surface area contributed by atoms with Crippen molar-refractivity contribution in [3.63, 3.8) is 0 Å². The first-order chi connectivity index (χ1) is 13.1. The Labute approximate surface area is 159 Å². The molecule has 2 heterocycles. The quantitative estimate of drug-likeness (QED) is 0.817. The number of benzene rings is 1. The van der Waals surface area contributed by atoms with Crippen LogP contribution in [0.5, 0.6) is 0 Å². The van der Waals surface area contributed by atoms with Crippen molar-refractivity contribution in [2.45, 2.75) is 44.7 Å². The lowest BCUT2D eigenvalue weighted by molar-refractivity contribution is -0.135. The lowest BCUT2D eigenvalue weighted by Gasteiger charge is -2.25. The van der Waals surface area contributed by atoms with Gasteiger partial charge in [-0.2, -0.15) is 5.10 Å². The zero-order valence-electron chi connectivity index (χ0n) is 15.8. The third kappa shape index (κ3) is 3.61. The molecule has 1 aromatic heterocycles. The molecule has 2 amide bonds. The van der Waals surface area contributed by atoms with Gasteiger partial charge in [0.1, 0.15) is 0 Å². The Morgan fingerprint density at radius 1 is 1.22 bits per heavy atom.